The Balaban J connectivity index is 1.67. The Bertz CT molecular complexity index is 1160. The van der Waals surface area contributed by atoms with Crippen LogP contribution in [0.5, 0.6) is 17.2 Å². The van der Waals surface area contributed by atoms with Crippen molar-refractivity contribution in [3.05, 3.63) is 58.8 Å². The van der Waals surface area contributed by atoms with Gasteiger partial charge in [-0.3, -0.25) is 14.4 Å². The van der Waals surface area contributed by atoms with Gasteiger partial charge in [-0.2, -0.15) is 0 Å². The molecule has 2 aliphatic rings. The smallest absolute Gasteiger partial charge is 0.243 e. The lowest BCUT2D eigenvalue weighted by atomic mass is 9.74. The van der Waals surface area contributed by atoms with Gasteiger partial charge in [-0.25, -0.2) is 0 Å². The molecule has 33 heavy (non-hydrogen) atoms. The second-order valence-electron chi connectivity index (χ2n) is 7.86. The molecule has 1 heterocycles. The van der Waals surface area contributed by atoms with Crippen LogP contribution in [0.1, 0.15) is 23.7 Å². The van der Waals surface area contributed by atoms with E-state index < -0.39 is 17.3 Å². The van der Waals surface area contributed by atoms with Crippen molar-refractivity contribution in [3.63, 3.8) is 0 Å². The highest BCUT2D eigenvalue weighted by atomic mass is 35.5. The minimum atomic E-state index is -1.55. The number of Topliss-reactive ketones (excluding diaryl/α,β-unsaturated/α-hetero) is 1. The lowest BCUT2D eigenvalue weighted by molar-refractivity contribution is -0.118. The summed E-state index contributed by atoms with van der Waals surface area (Å²) >= 11 is 6.46. The molecule has 1 amide bonds. The van der Waals surface area contributed by atoms with Gasteiger partial charge in [-0.05, 0) is 12.1 Å². The van der Waals surface area contributed by atoms with Crippen LogP contribution in [0.15, 0.2) is 48.2 Å². The number of amides is 1. The number of ketones is 2. The number of benzene rings is 2. The molecule has 2 N–H and O–H groups in total. The van der Waals surface area contributed by atoms with E-state index in [0.717, 1.165) is 0 Å². The van der Waals surface area contributed by atoms with E-state index >= 15 is 0 Å². The van der Waals surface area contributed by atoms with Crippen LogP contribution in [0.3, 0.4) is 0 Å². The Morgan fingerprint density at radius 2 is 1.88 bits per heavy atom. The number of fused-ring (bicyclic) bond motifs is 1. The Morgan fingerprint density at radius 3 is 2.55 bits per heavy atom. The van der Waals surface area contributed by atoms with E-state index in [9.17, 15) is 14.4 Å². The molecule has 4 rings (SSSR count). The molecule has 8 nitrogen and oxygen atoms in total. The first-order valence-electron chi connectivity index (χ1n) is 10.3. The standard InChI is InChI=1S/C24H23ClN2O6/c1-13-9-15(28)10-18(26-12-19(29)27-14-7-5-4-6-8-14)24(13)23(30)20-16(31-2)11-17(32-3)21(25)22(20)33-24/h4-8,10-11,13,26H,9,12H2,1-3H3,(H,27,29)/t13-,24+/m1/s1. The molecule has 0 bridgehead atoms. The van der Waals surface area contributed by atoms with Crippen LogP contribution in [0, 0.1) is 5.92 Å². The van der Waals surface area contributed by atoms with E-state index in [-0.39, 0.29) is 58.2 Å². The number of ether oxygens (including phenoxy) is 3. The van der Waals surface area contributed by atoms with Gasteiger partial charge in [0.2, 0.25) is 17.3 Å². The van der Waals surface area contributed by atoms with Crippen molar-refractivity contribution in [2.45, 2.75) is 18.9 Å². The number of rotatable bonds is 6. The van der Waals surface area contributed by atoms with Crippen molar-refractivity contribution in [1.29, 1.82) is 0 Å². The van der Waals surface area contributed by atoms with E-state index in [0.29, 0.717) is 5.69 Å². The van der Waals surface area contributed by atoms with Gasteiger partial charge in [0.15, 0.2) is 11.5 Å². The molecule has 2 aromatic carbocycles. The van der Waals surface area contributed by atoms with Gasteiger partial charge in [0.1, 0.15) is 22.1 Å². The highest BCUT2D eigenvalue weighted by molar-refractivity contribution is 6.35. The maximum atomic E-state index is 13.8. The monoisotopic (exact) mass is 470 g/mol. The highest BCUT2D eigenvalue weighted by Crippen LogP contribution is 2.53. The molecule has 1 spiro atoms. The Morgan fingerprint density at radius 1 is 1.18 bits per heavy atom. The number of hydrogen-bond acceptors (Lipinski definition) is 7. The van der Waals surface area contributed by atoms with Crippen molar-refractivity contribution in [2.24, 2.45) is 5.92 Å². The molecular weight excluding hydrogens is 448 g/mol. The molecule has 0 unspecified atom stereocenters. The number of halogens is 1. The molecule has 0 aromatic heterocycles. The van der Waals surface area contributed by atoms with Crippen molar-refractivity contribution in [3.8, 4) is 17.2 Å². The van der Waals surface area contributed by atoms with Crippen LogP contribution in [0.4, 0.5) is 5.69 Å². The molecule has 0 saturated heterocycles. The second kappa shape index (κ2) is 8.78. The first-order valence-corrected chi connectivity index (χ1v) is 10.7. The number of carbonyl (C=O) groups is 3. The van der Waals surface area contributed by atoms with Crippen molar-refractivity contribution < 1.29 is 28.6 Å². The molecule has 0 saturated carbocycles. The van der Waals surface area contributed by atoms with Crippen LogP contribution in [0.25, 0.3) is 0 Å². The highest BCUT2D eigenvalue weighted by Gasteiger charge is 2.58. The fourth-order valence-electron chi connectivity index (χ4n) is 4.23. The van der Waals surface area contributed by atoms with E-state index in [4.69, 9.17) is 25.8 Å². The maximum Gasteiger partial charge on any atom is 0.243 e. The topological polar surface area (TPSA) is 103 Å². The summed E-state index contributed by atoms with van der Waals surface area (Å²) in [7, 11) is 2.87. The third kappa shape index (κ3) is 3.80. The SMILES string of the molecule is COc1cc(OC)c2c(c1Cl)O[C@]1(C2=O)C(NCC(=O)Nc2ccccc2)=CC(=O)C[C@H]1C. The van der Waals surface area contributed by atoms with Gasteiger partial charge in [0.25, 0.3) is 0 Å². The molecule has 0 radical (unpaired) electrons. The van der Waals surface area contributed by atoms with Gasteiger partial charge in [-0.15, -0.1) is 0 Å². The minimum Gasteiger partial charge on any atom is -0.496 e. The predicted molar refractivity (Wildman–Crippen MR) is 122 cm³/mol. The summed E-state index contributed by atoms with van der Waals surface area (Å²) in [6.07, 6.45) is 1.41. The van der Waals surface area contributed by atoms with Gasteiger partial charge in [0.05, 0.1) is 26.5 Å². The van der Waals surface area contributed by atoms with Crippen LogP contribution in [-0.2, 0) is 9.59 Å². The Kier molecular flexibility index (Phi) is 6.03. The molecule has 1 aliphatic heterocycles. The van der Waals surface area contributed by atoms with Gasteiger partial charge in [0, 0.05) is 30.2 Å². The van der Waals surface area contributed by atoms with Gasteiger partial charge < -0.3 is 24.8 Å². The quantitative estimate of drug-likeness (QED) is 0.667. The average molecular weight is 471 g/mol. The van der Waals surface area contributed by atoms with Crippen LogP contribution < -0.4 is 24.8 Å². The molecule has 1 aliphatic carbocycles. The molecular formula is C24H23ClN2O6. The summed E-state index contributed by atoms with van der Waals surface area (Å²) in [6, 6.07) is 10.5. The minimum absolute atomic E-state index is 0.0954. The lowest BCUT2D eigenvalue weighted by Crippen LogP contribution is -2.55. The third-order valence-electron chi connectivity index (χ3n) is 5.82. The first kappa shape index (κ1) is 22.7. The number of nitrogens with one attached hydrogen (secondary N) is 2. The summed E-state index contributed by atoms with van der Waals surface area (Å²) in [6.45, 7) is 1.57. The Hall–Kier alpha value is -3.52. The van der Waals surface area contributed by atoms with Gasteiger partial charge >= 0.3 is 0 Å². The number of hydrogen-bond donors (Lipinski definition) is 2. The number of anilines is 1. The zero-order valence-corrected chi connectivity index (χ0v) is 19.1. The number of para-hydroxylation sites is 1. The first-order chi connectivity index (χ1) is 15.8. The van der Waals surface area contributed by atoms with Crippen LogP contribution >= 0.6 is 11.6 Å². The van der Waals surface area contributed by atoms with E-state index in [1.54, 1.807) is 31.2 Å². The molecule has 0 fully saturated rings. The maximum absolute atomic E-state index is 13.8. The second-order valence-corrected chi connectivity index (χ2v) is 8.24. The van der Waals surface area contributed by atoms with E-state index in [2.05, 4.69) is 10.6 Å². The van der Waals surface area contributed by atoms with E-state index in [1.165, 1.54) is 26.4 Å². The molecule has 9 heteroatoms. The van der Waals surface area contributed by atoms with Crippen molar-refractivity contribution in [1.82, 2.24) is 5.32 Å². The fourth-order valence-corrected chi connectivity index (χ4v) is 4.49. The predicted octanol–water partition coefficient (Wildman–Crippen LogP) is 3.39. The van der Waals surface area contributed by atoms with Crippen molar-refractivity contribution in [2.75, 3.05) is 26.1 Å². The third-order valence-corrected chi connectivity index (χ3v) is 6.18. The number of methoxy groups -OCH3 is 2. The Labute approximate surface area is 195 Å². The normalized spacial score (nSPS) is 21.2. The summed E-state index contributed by atoms with van der Waals surface area (Å²) in [5.41, 5.74) is -0.545. The molecule has 172 valence electrons. The summed E-state index contributed by atoms with van der Waals surface area (Å²) in [5, 5.41) is 5.84. The number of carbonyl (C=O) groups excluding carboxylic acids is 3. The lowest BCUT2D eigenvalue weighted by Gasteiger charge is -2.38. The van der Waals surface area contributed by atoms with Crippen LogP contribution in [0.2, 0.25) is 5.02 Å². The fraction of sp³-hybridized carbons (Fsp3) is 0.292. The largest absolute Gasteiger partial charge is 0.496 e. The van der Waals surface area contributed by atoms with Crippen LogP contribution in [-0.4, -0.2) is 43.8 Å². The number of allylic oxidation sites excluding steroid dienone is 1. The van der Waals surface area contributed by atoms with E-state index in [1.807, 2.05) is 6.07 Å². The summed E-state index contributed by atoms with van der Waals surface area (Å²) < 4.78 is 16.9. The average Bonchev–Trinajstić information content (AvgIpc) is 3.11. The zero-order valence-electron chi connectivity index (χ0n) is 18.4. The summed E-state index contributed by atoms with van der Waals surface area (Å²) in [5.74, 6) is -0.788. The van der Waals surface area contributed by atoms with Gasteiger partial charge in [-0.1, -0.05) is 36.7 Å². The molecule has 2 aromatic rings. The summed E-state index contributed by atoms with van der Waals surface area (Å²) in [4.78, 5) is 38.6. The zero-order chi connectivity index (χ0) is 23.8. The van der Waals surface area contributed by atoms with Crippen molar-refractivity contribution >= 4 is 34.8 Å². The molecule has 2 atom stereocenters.